The van der Waals surface area contributed by atoms with Crippen molar-refractivity contribution in [3.05, 3.63) is 34.3 Å². The van der Waals surface area contributed by atoms with Gasteiger partial charge in [-0.15, -0.1) is 0 Å². The van der Waals surface area contributed by atoms with Crippen molar-refractivity contribution in [3.8, 4) is 0 Å². The average Bonchev–Trinajstić information content (AvgIpc) is 3.20. The van der Waals surface area contributed by atoms with E-state index >= 15 is 0 Å². The minimum Gasteiger partial charge on any atom is -0.313 e. The lowest BCUT2D eigenvalue weighted by Gasteiger charge is -2.49. The molecule has 1 aromatic rings. The SMILES string of the molecule is Brc1ccc(C2(CNC3CC3)CC3(CC3)C2)cc1. The Balaban J connectivity index is 1.55. The van der Waals surface area contributed by atoms with Gasteiger partial charge < -0.3 is 5.32 Å². The second-order valence-electron chi connectivity index (χ2n) is 6.80. The van der Waals surface area contributed by atoms with Crippen LogP contribution in [0.15, 0.2) is 28.7 Å². The summed E-state index contributed by atoms with van der Waals surface area (Å²) in [6.07, 6.45) is 8.58. The van der Waals surface area contributed by atoms with E-state index < -0.39 is 0 Å². The second kappa shape index (κ2) is 3.83. The lowest BCUT2D eigenvalue weighted by molar-refractivity contribution is 0.116. The van der Waals surface area contributed by atoms with Crippen LogP contribution in [-0.4, -0.2) is 12.6 Å². The molecule has 0 radical (unpaired) electrons. The minimum atomic E-state index is 0.444. The fourth-order valence-corrected chi connectivity index (χ4v) is 4.04. The molecule has 3 fully saturated rings. The highest BCUT2D eigenvalue weighted by molar-refractivity contribution is 9.10. The summed E-state index contributed by atoms with van der Waals surface area (Å²) in [6, 6.07) is 9.88. The highest BCUT2D eigenvalue weighted by atomic mass is 79.9. The largest absolute Gasteiger partial charge is 0.313 e. The molecule has 0 unspecified atom stereocenters. The van der Waals surface area contributed by atoms with E-state index in [0.717, 1.165) is 11.5 Å². The van der Waals surface area contributed by atoms with Crippen molar-refractivity contribution in [1.82, 2.24) is 5.32 Å². The van der Waals surface area contributed by atoms with Crippen LogP contribution in [0, 0.1) is 5.41 Å². The molecule has 0 aromatic heterocycles. The van der Waals surface area contributed by atoms with Gasteiger partial charge in [0.2, 0.25) is 0 Å². The van der Waals surface area contributed by atoms with Crippen molar-refractivity contribution >= 4 is 15.9 Å². The van der Waals surface area contributed by atoms with Crippen molar-refractivity contribution in [3.63, 3.8) is 0 Å². The molecule has 3 saturated carbocycles. The highest BCUT2D eigenvalue weighted by Crippen LogP contribution is 2.68. The average molecular weight is 306 g/mol. The summed E-state index contributed by atoms with van der Waals surface area (Å²) in [5.74, 6) is 0. The van der Waals surface area contributed by atoms with E-state index in [4.69, 9.17) is 0 Å². The van der Waals surface area contributed by atoms with Gasteiger partial charge in [-0.3, -0.25) is 0 Å². The molecule has 3 aliphatic carbocycles. The Kier molecular flexibility index (Phi) is 2.44. The predicted octanol–water partition coefficient (Wildman–Crippen LogP) is 4.01. The third-order valence-electron chi connectivity index (χ3n) is 5.15. The summed E-state index contributed by atoms with van der Waals surface area (Å²) in [6.45, 7) is 1.20. The normalized spacial score (nSPS) is 26.9. The van der Waals surface area contributed by atoms with Crippen molar-refractivity contribution < 1.29 is 0 Å². The van der Waals surface area contributed by atoms with E-state index in [0.29, 0.717) is 5.41 Å². The number of rotatable bonds is 4. The summed E-state index contributed by atoms with van der Waals surface area (Å²) < 4.78 is 1.19. The molecule has 96 valence electrons. The Hall–Kier alpha value is -0.340. The lowest BCUT2D eigenvalue weighted by Crippen LogP contribution is -2.50. The van der Waals surface area contributed by atoms with Crippen LogP contribution < -0.4 is 5.32 Å². The number of nitrogens with one attached hydrogen (secondary N) is 1. The fourth-order valence-electron chi connectivity index (χ4n) is 3.78. The maximum absolute atomic E-state index is 3.77. The molecule has 0 aliphatic heterocycles. The molecule has 0 bridgehead atoms. The molecular weight excluding hydrogens is 286 g/mol. The standard InChI is InChI=1S/C16H20BrN/c17-13-3-1-12(2-4-13)16(11-18-14-5-6-14)9-15(10-16)7-8-15/h1-4,14,18H,5-11H2. The summed E-state index contributed by atoms with van der Waals surface area (Å²) in [4.78, 5) is 0. The van der Waals surface area contributed by atoms with Gasteiger partial charge in [0, 0.05) is 22.5 Å². The van der Waals surface area contributed by atoms with Crippen LogP contribution in [0.1, 0.15) is 44.1 Å². The van der Waals surface area contributed by atoms with Crippen molar-refractivity contribution in [2.75, 3.05) is 6.54 Å². The van der Waals surface area contributed by atoms with Crippen LogP contribution in [0.25, 0.3) is 0 Å². The molecular formula is C16H20BrN. The third kappa shape index (κ3) is 1.94. The molecule has 18 heavy (non-hydrogen) atoms. The highest BCUT2D eigenvalue weighted by Gasteiger charge is 2.61. The first-order valence-corrected chi connectivity index (χ1v) is 7.99. The summed E-state index contributed by atoms with van der Waals surface area (Å²) in [5, 5.41) is 3.77. The maximum Gasteiger partial charge on any atom is 0.0175 e. The monoisotopic (exact) mass is 305 g/mol. The van der Waals surface area contributed by atoms with Gasteiger partial charge >= 0.3 is 0 Å². The molecule has 1 spiro atoms. The summed E-state index contributed by atoms with van der Waals surface area (Å²) in [5.41, 5.74) is 2.76. The molecule has 0 atom stereocenters. The Morgan fingerprint density at radius 3 is 2.33 bits per heavy atom. The van der Waals surface area contributed by atoms with Crippen LogP contribution in [0.5, 0.6) is 0 Å². The number of hydrogen-bond acceptors (Lipinski definition) is 1. The quantitative estimate of drug-likeness (QED) is 0.886. The number of halogens is 1. The van der Waals surface area contributed by atoms with Crippen molar-refractivity contribution in [2.45, 2.75) is 50.0 Å². The van der Waals surface area contributed by atoms with Gasteiger partial charge in [-0.1, -0.05) is 28.1 Å². The Morgan fingerprint density at radius 1 is 1.11 bits per heavy atom. The minimum absolute atomic E-state index is 0.444. The molecule has 0 heterocycles. The van der Waals surface area contributed by atoms with E-state index in [-0.39, 0.29) is 0 Å². The Labute approximate surface area is 117 Å². The third-order valence-corrected chi connectivity index (χ3v) is 5.68. The zero-order valence-electron chi connectivity index (χ0n) is 10.7. The van der Waals surface area contributed by atoms with E-state index in [1.54, 1.807) is 5.56 Å². The molecule has 1 aromatic carbocycles. The van der Waals surface area contributed by atoms with Gasteiger partial charge in [0.15, 0.2) is 0 Å². The van der Waals surface area contributed by atoms with Crippen molar-refractivity contribution in [1.29, 1.82) is 0 Å². The van der Waals surface area contributed by atoms with Gasteiger partial charge in [-0.25, -0.2) is 0 Å². The van der Waals surface area contributed by atoms with Gasteiger partial charge in [-0.05, 0) is 61.6 Å². The zero-order valence-corrected chi connectivity index (χ0v) is 12.3. The Bertz CT molecular complexity index is 448. The first-order chi connectivity index (χ1) is 8.70. The fraction of sp³-hybridized carbons (Fsp3) is 0.625. The molecule has 2 heteroatoms. The van der Waals surface area contributed by atoms with Crippen LogP contribution in [-0.2, 0) is 5.41 Å². The second-order valence-corrected chi connectivity index (χ2v) is 7.71. The van der Waals surface area contributed by atoms with Gasteiger partial charge in [0.25, 0.3) is 0 Å². The topological polar surface area (TPSA) is 12.0 Å². The van der Waals surface area contributed by atoms with E-state index in [2.05, 4.69) is 45.5 Å². The van der Waals surface area contributed by atoms with E-state index in [1.807, 2.05) is 0 Å². The maximum atomic E-state index is 3.77. The van der Waals surface area contributed by atoms with Gasteiger partial charge in [-0.2, -0.15) is 0 Å². The lowest BCUT2D eigenvalue weighted by atomic mass is 9.56. The number of hydrogen-bond donors (Lipinski definition) is 1. The summed E-state index contributed by atoms with van der Waals surface area (Å²) in [7, 11) is 0. The zero-order chi connectivity index (χ0) is 12.2. The first-order valence-electron chi connectivity index (χ1n) is 7.19. The predicted molar refractivity (Wildman–Crippen MR) is 77.7 cm³/mol. The van der Waals surface area contributed by atoms with E-state index in [1.165, 1.54) is 49.5 Å². The smallest absolute Gasteiger partial charge is 0.0175 e. The Morgan fingerprint density at radius 2 is 1.78 bits per heavy atom. The summed E-state index contributed by atoms with van der Waals surface area (Å²) >= 11 is 3.54. The number of benzene rings is 1. The molecule has 1 N–H and O–H groups in total. The van der Waals surface area contributed by atoms with E-state index in [9.17, 15) is 0 Å². The molecule has 3 aliphatic rings. The van der Waals surface area contributed by atoms with Crippen LogP contribution in [0.3, 0.4) is 0 Å². The molecule has 4 rings (SSSR count). The first kappa shape index (κ1) is 11.5. The van der Waals surface area contributed by atoms with Gasteiger partial charge in [0.1, 0.15) is 0 Å². The molecule has 0 amide bonds. The van der Waals surface area contributed by atoms with Crippen LogP contribution in [0.4, 0.5) is 0 Å². The van der Waals surface area contributed by atoms with Gasteiger partial charge in [0.05, 0.1) is 0 Å². The van der Waals surface area contributed by atoms with Crippen molar-refractivity contribution in [2.24, 2.45) is 5.41 Å². The van der Waals surface area contributed by atoms with Crippen LogP contribution >= 0.6 is 15.9 Å². The molecule has 1 nitrogen and oxygen atoms in total. The van der Waals surface area contributed by atoms with Crippen LogP contribution in [0.2, 0.25) is 0 Å². The molecule has 0 saturated heterocycles.